The molecule has 0 radical (unpaired) electrons. The molecule has 1 aromatic carbocycles. The Hall–Kier alpha value is -0.990. The third kappa shape index (κ3) is 1.29. The zero-order valence-corrected chi connectivity index (χ0v) is 8.19. The van der Waals surface area contributed by atoms with Crippen molar-refractivity contribution in [2.24, 2.45) is 0 Å². The molecule has 0 heterocycles. The minimum Gasteiger partial charge on any atom is -0.166 e. The molecule has 0 bridgehead atoms. The topological polar surface area (TPSA) is 0 Å². The fraction of sp³-hybridized carbons (Fsp3) is 0.500. The molecule has 2 aliphatic rings. The number of halogens is 3. The smallest absolute Gasteiger partial charge is 0.166 e. The Kier molecular flexibility index (Phi) is 1.59. The maximum absolute atomic E-state index is 12.5. The monoisotopic (exact) mass is 212 g/mol. The van der Waals surface area contributed by atoms with Crippen LogP contribution < -0.4 is 0 Å². The number of aryl methyl sites for hydroxylation is 1. The molecule has 1 spiro atoms. The van der Waals surface area contributed by atoms with Gasteiger partial charge in [0.15, 0.2) is 0 Å². The molecule has 1 fully saturated rings. The third-order valence-corrected chi connectivity index (χ3v) is 3.73. The first kappa shape index (κ1) is 9.25. The molecule has 0 saturated heterocycles. The summed E-state index contributed by atoms with van der Waals surface area (Å²) in [6.07, 6.45) is -0.0621. The molecule has 1 aromatic rings. The van der Waals surface area contributed by atoms with Crippen LogP contribution in [0.15, 0.2) is 18.2 Å². The molecule has 1 saturated carbocycles. The summed E-state index contributed by atoms with van der Waals surface area (Å²) >= 11 is 0. The number of hydrogen-bond donors (Lipinski definition) is 0. The summed E-state index contributed by atoms with van der Waals surface area (Å²) in [6.45, 7) is 0. The molecule has 0 nitrogen and oxygen atoms in total. The van der Waals surface area contributed by atoms with E-state index in [1.165, 1.54) is 12.1 Å². The van der Waals surface area contributed by atoms with Crippen molar-refractivity contribution in [3.05, 3.63) is 34.9 Å². The Labute approximate surface area is 86.1 Å². The van der Waals surface area contributed by atoms with Gasteiger partial charge < -0.3 is 0 Å². The average molecular weight is 212 g/mol. The zero-order valence-electron chi connectivity index (χ0n) is 8.19. The van der Waals surface area contributed by atoms with Crippen LogP contribution in [0.4, 0.5) is 13.2 Å². The normalized spacial score (nSPS) is 21.8. The standard InChI is InChI=1S/C12H11F3/c13-12(14,15)9-2-1-8-3-4-11(5-6-11)10(8)7-9/h1-2,7H,3-6H2. The SMILES string of the molecule is FC(F)(F)c1ccc2c(c1)C1(CC2)CC1. The highest BCUT2D eigenvalue weighted by Crippen LogP contribution is 2.57. The summed E-state index contributed by atoms with van der Waals surface area (Å²) in [4.78, 5) is 0. The fourth-order valence-corrected chi connectivity index (χ4v) is 2.64. The number of hydrogen-bond acceptors (Lipinski definition) is 0. The molecule has 3 rings (SSSR count). The molecule has 2 aliphatic carbocycles. The van der Waals surface area contributed by atoms with E-state index in [9.17, 15) is 13.2 Å². The van der Waals surface area contributed by atoms with E-state index in [1.54, 1.807) is 6.07 Å². The van der Waals surface area contributed by atoms with E-state index < -0.39 is 11.7 Å². The lowest BCUT2D eigenvalue weighted by Crippen LogP contribution is -2.07. The number of fused-ring (bicyclic) bond motifs is 2. The lowest BCUT2D eigenvalue weighted by atomic mass is 9.96. The Morgan fingerprint density at radius 1 is 1.07 bits per heavy atom. The summed E-state index contributed by atoms with van der Waals surface area (Å²) in [6, 6.07) is 4.24. The van der Waals surface area contributed by atoms with E-state index in [2.05, 4.69) is 0 Å². The Bertz CT molecular complexity index is 413. The summed E-state index contributed by atoms with van der Waals surface area (Å²) < 4.78 is 37.6. The quantitative estimate of drug-likeness (QED) is 0.615. The molecule has 0 aromatic heterocycles. The van der Waals surface area contributed by atoms with Crippen LogP contribution in [0.1, 0.15) is 36.0 Å². The van der Waals surface area contributed by atoms with Gasteiger partial charge in [0.1, 0.15) is 0 Å². The van der Waals surface area contributed by atoms with Gasteiger partial charge in [-0.05, 0) is 54.4 Å². The van der Waals surface area contributed by atoms with E-state index >= 15 is 0 Å². The van der Waals surface area contributed by atoms with Gasteiger partial charge in [0, 0.05) is 0 Å². The number of rotatable bonds is 0. The van der Waals surface area contributed by atoms with Crippen LogP contribution in [0.25, 0.3) is 0 Å². The van der Waals surface area contributed by atoms with Crippen LogP contribution in [0, 0.1) is 0 Å². The predicted octanol–water partition coefficient (Wildman–Crippen LogP) is 3.68. The maximum Gasteiger partial charge on any atom is 0.416 e. The van der Waals surface area contributed by atoms with Gasteiger partial charge in [0.25, 0.3) is 0 Å². The van der Waals surface area contributed by atoms with Crippen LogP contribution in [-0.2, 0) is 18.0 Å². The van der Waals surface area contributed by atoms with Gasteiger partial charge in [0.2, 0.25) is 0 Å². The van der Waals surface area contributed by atoms with Gasteiger partial charge in [-0.1, -0.05) is 6.07 Å². The molecular formula is C12H11F3. The molecule has 0 amide bonds. The highest BCUT2D eigenvalue weighted by molar-refractivity contribution is 5.46. The van der Waals surface area contributed by atoms with Crippen molar-refractivity contribution in [3.63, 3.8) is 0 Å². The van der Waals surface area contributed by atoms with E-state index in [4.69, 9.17) is 0 Å². The molecule has 15 heavy (non-hydrogen) atoms. The van der Waals surface area contributed by atoms with Crippen LogP contribution in [-0.4, -0.2) is 0 Å². The maximum atomic E-state index is 12.5. The molecule has 0 unspecified atom stereocenters. The number of alkyl halides is 3. The Balaban J connectivity index is 2.10. The van der Waals surface area contributed by atoms with E-state index in [0.717, 1.165) is 36.8 Å². The van der Waals surface area contributed by atoms with Crippen molar-refractivity contribution < 1.29 is 13.2 Å². The number of benzene rings is 1. The molecule has 3 heteroatoms. The van der Waals surface area contributed by atoms with E-state index in [1.807, 2.05) is 0 Å². The fourth-order valence-electron chi connectivity index (χ4n) is 2.64. The molecule has 0 N–H and O–H groups in total. The highest BCUT2D eigenvalue weighted by Gasteiger charge is 2.49. The lowest BCUT2D eigenvalue weighted by molar-refractivity contribution is -0.137. The van der Waals surface area contributed by atoms with Crippen molar-refractivity contribution in [2.45, 2.75) is 37.3 Å². The van der Waals surface area contributed by atoms with Crippen molar-refractivity contribution in [3.8, 4) is 0 Å². The predicted molar refractivity (Wildman–Crippen MR) is 50.7 cm³/mol. The first-order valence-corrected chi connectivity index (χ1v) is 5.22. The summed E-state index contributed by atoms with van der Waals surface area (Å²) in [7, 11) is 0. The first-order chi connectivity index (χ1) is 7.01. The molecule has 0 aliphatic heterocycles. The van der Waals surface area contributed by atoms with Crippen molar-refractivity contribution in [1.82, 2.24) is 0 Å². The van der Waals surface area contributed by atoms with Gasteiger partial charge in [-0.15, -0.1) is 0 Å². The zero-order chi connectivity index (χ0) is 10.7. The van der Waals surface area contributed by atoms with Gasteiger partial charge in [-0.25, -0.2) is 0 Å². The Morgan fingerprint density at radius 3 is 2.40 bits per heavy atom. The van der Waals surface area contributed by atoms with Gasteiger partial charge in [0.05, 0.1) is 5.56 Å². The molecular weight excluding hydrogens is 201 g/mol. The molecule has 0 atom stereocenters. The van der Waals surface area contributed by atoms with E-state index in [0.29, 0.717) is 0 Å². The van der Waals surface area contributed by atoms with Crippen molar-refractivity contribution >= 4 is 0 Å². The van der Waals surface area contributed by atoms with Gasteiger partial charge in [-0.2, -0.15) is 13.2 Å². The minimum atomic E-state index is -4.20. The summed E-state index contributed by atoms with van der Waals surface area (Å²) in [5.74, 6) is 0. The average Bonchev–Trinajstić information content (AvgIpc) is 2.84. The molecule has 80 valence electrons. The second-order valence-corrected chi connectivity index (χ2v) is 4.65. The highest BCUT2D eigenvalue weighted by atomic mass is 19.4. The third-order valence-electron chi connectivity index (χ3n) is 3.73. The Morgan fingerprint density at radius 2 is 1.80 bits per heavy atom. The van der Waals surface area contributed by atoms with Gasteiger partial charge >= 0.3 is 6.18 Å². The first-order valence-electron chi connectivity index (χ1n) is 5.22. The second-order valence-electron chi connectivity index (χ2n) is 4.65. The lowest BCUT2D eigenvalue weighted by Gasteiger charge is -2.12. The van der Waals surface area contributed by atoms with Crippen molar-refractivity contribution in [2.75, 3.05) is 0 Å². The van der Waals surface area contributed by atoms with E-state index in [-0.39, 0.29) is 5.41 Å². The van der Waals surface area contributed by atoms with Gasteiger partial charge in [-0.3, -0.25) is 0 Å². The minimum absolute atomic E-state index is 0.136. The second kappa shape index (κ2) is 2.57. The summed E-state index contributed by atoms with van der Waals surface area (Å²) in [5, 5.41) is 0. The summed E-state index contributed by atoms with van der Waals surface area (Å²) in [5.41, 5.74) is 1.74. The largest absolute Gasteiger partial charge is 0.416 e. The van der Waals surface area contributed by atoms with Crippen LogP contribution in [0.5, 0.6) is 0 Å². The van der Waals surface area contributed by atoms with Crippen LogP contribution in [0.3, 0.4) is 0 Å². The van der Waals surface area contributed by atoms with Crippen LogP contribution >= 0.6 is 0 Å². The van der Waals surface area contributed by atoms with Crippen molar-refractivity contribution in [1.29, 1.82) is 0 Å². The van der Waals surface area contributed by atoms with Crippen LogP contribution in [0.2, 0.25) is 0 Å².